The second-order valence-corrected chi connectivity index (χ2v) is 6.69. The number of rotatable bonds is 5. The van der Waals surface area contributed by atoms with Gasteiger partial charge < -0.3 is 4.74 Å². The van der Waals surface area contributed by atoms with Gasteiger partial charge in [-0.2, -0.15) is 9.36 Å². The van der Waals surface area contributed by atoms with Crippen molar-refractivity contribution in [1.29, 1.82) is 0 Å². The summed E-state index contributed by atoms with van der Waals surface area (Å²) in [5.74, 6) is 0.430. The summed E-state index contributed by atoms with van der Waals surface area (Å²) in [5, 5.41) is 7.74. The Morgan fingerprint density at radius 2 is 2.04 bits per heavy atom. The highest BCUT2D eigenvalue weighted by molar-refractivity contribution is 7.80. The van der Waals surface area contributed by atoms with E-state index < -0.39 is 12.1 Å². The number of aryl methyl sites for hydroxylation is 2. The Kier molecular flexibility index (Phi) is 5.52. The molecular formula is C17H15ClF2N4O2S. The monoisotopic (exact) mass is 412 g/mol. The number of hydrogen-bond acceptors (Lipinski definition) is 5. The summed E-state index contributed by atoms with van der Waals surface area (Å²) in [6.45, 7) is 1.58. The molecule has 0 spiro atoms. The molecule has 0 unspecified atom stereocenters. The van der Waals surface area contributed by atoms with E-state index in [1.807, 2.05) is 0 Å². The first-order chi connectivity index (χ1) is 12.8. The van der Waals surface area contributed by atoms with Crippen molar-refractivity contribution in [3.05, 3.63) is 62.5 Å². The molecule has 10 heteroatoms. The van der Waals surface area contributed by atoms with Crippen molar-refractivity contribution in [2.24, 2.45) is 7.05 Å². The maximum Gasteiger partial charge on any atom is 0.368 e. The molecule has 0 saturated carbocycles. The van der Waals surface area contributed by atoms with Crippen molar-refractivity contribution >= 4 is 24.2 Å². The standard InChI is InChI=1S/C17H15ClF2N4O2S/c1-9-6-15(27)12(18)7-14(9)26-8-11-10(16(19)20)4-3-5-13(11)24-17(25)23(2)21-22-24/h3-7,16,27H,8H2,1-2H3. The zero-order valence-electron chi connectivity index (χ0n) is 14.4. The molecule has 0 bridgehead atoms. The number of alkyl halides is 2. The van der Waals surface area contributed by atoms with Crippen LogP contribution in [0.3, 0.4) is 0 Å². The van der Waals surface area contributed by atoms with Crippen molar-refractivity contribution < 1.29 is 13.5 Å². The van der Waals surface area contributed by atoms with Crippen LogP contribution in [0.25, 0.3) is 5.69 Å². The molecule has 0 amide bonds. The van der Waals surface area contributed by atoms with E-state index in [9.17, 15) is 13.6 Å². The maximum atomic E-state index is 13.5. The van der Waals surface area contributed by atoms with Crippen LogP contribution >= 0.6 is 24.2 Å². The van der Waals surface area contributed by atoms with E-state index in [-0.39, 0.29) is 23.4 Å². The van der Waals surface area contributed by atoms with Crippen LogP contribution in [0.5, 0.6) is 5.75 Å². The van der Waals surface area contributed by atoms with E-state index in [0.717, 1.165) is 14.9 Å². The lowest BCUT2D eigenvalue weighted by Crippen LogP contribution is -2.23. The molecule has 0 aliphatic heterocycles. The third kappa shape index (κ3) is 3.84. The van der Waals surface area contributed by atoms with Gasteiger partial charge in [0.2, 0.25) is 0 Å². The Morgan fingerprint density at radius 1 is 1.30 bits per heavy atom. The first-order valence-corrected chi connectivity index (χ1v) is 8.63. The van der Waals surface area contributed by atoms with Crippen molar-refractivity contribution in [2.75, 3.05) is 0 Å². The minimum absolute atomic E-state index is 0.139. The second kappa shape index (κ2) is 7.69. The average Bonchev–Trinajstić information content (AvgIpc) is 2.95. The van der Waals surface area contributed by atoms with E-state index in [1.165, 1.54) is 25.2 Å². The highest BCUT2D eigenvalue weighted by Gasteiger charge is 2.20. The Balaban J connectivity index is 2.05. The Bertz CT molecular complexity index is 1050. The summed E-state index contributed by atoms with van der Waals surface area (Å²) in [5.41, 5.74) is 0.263. The molecular weight excluding hydrogens is 398 g/mol. The lowest BCUT2D eigenvalue weighted by molar-refractivity contribution is 0.148. The molecule has 0 radical (unpaired) electrons. The van der Waals surface area contributed by atoms with Gasteiger partial charge in [0, 0.05) is 29.1 Å². The summed E-state index contributed by atoms with van der Waals surface area (Å²) in [6.07, 6.45) is -2.75. The number of aromatic nitrogens is 4. The molecule has 1 heterocycles. The van der Waals surface area contributed by atoms with Crippen molar-refractivity contribution in [3.8, 4) is 11.4 Å². The molecule has 0 atom stereocenters. The Morgan fingerprint density at radius 3 is 2.67 bits per heavy atom. The number of halogens is 3. The van der Waals surface area contributed by atoms with E-state index in [2.05, 4.69) is 23.1 Å². The summed E-state index contributed by atoms with van der Waals surface area (Å²) in [4.78, 5) is 12.7. The van der Waals surface area contributed by atoms with E-state index >= 15 is 0 Å². The zero-order valence-corrected chi connectivity index (χ0v) is 16.0. The van der Waals surface area contributed by atoms with Gasteiger partial charge in [-0.25, -0.2) is 13.6 Å². The van der Waals surface area contributed by atoms with Crippen LogP contribution in [0.4, 0.5) is 8.78 Å². The highest BCUT2D eigenvalue weighted by atomic mass is 35.5. The third-order valence-corrected chi connectivity index (χ3v) is 4.80. The molecule has 3 aromatic rings. The van der Waals surface area contributed by atoms with Gasteiger partial charge in [-0.15, -0.1) is 12.6 Å². The summed E-state index contributed by atoms with van der Waals surface area (Å²) in [6, 6.07) is 7.51. The number of ether oxygens (including phenoxy) is 1. The molecule has 0 saturated heterocycles. The van der Waals surface area contributed by atoms with Crippen LogP contribution in [0.1, 0.15) is 23.1 Å². The van der Waals surface area contributed by atoms with E-state index in [0.29, 0.717) is 15.7 Å². The largest absolute Gasteiger partial charge is 0.488 e. The predicted octanol–water partition coefficient (Wildman–Crippen LogP) is 3.73. The summed E-state index contributed by atoms with van der Waals surface area (Å²) >= 11 is 10.3. The second-order valence-electron chi connectivity index (χ2n) is 5.80. The molecule has 6 nitrogen and oxygen atoms in total. The fourth-order valence-corrected chi connectivity index (χ4v) is 2.98. The smallest absolute Gasteiger partial charge is 0.368 e. The summed E-state index contributed by atoms with van der Waals surface area (Å²) in [7, 11) is 1.42. The minimum Gasteiger partial charge on any atom is -0.488 e. The molecule has 1 aromatic heterocycles. The van der Waals surface area contributed by atoms with Crippen molar-refractivity contribution in [1.82, 2.24) is 19.8 Å². The van der Waals surface area contributed by atoms with Gasteiger partial charge in [-0.05, 0) is 35.0 Å². The van der Waals surface area contributed by atoms with Gasteiger partial charge >= 0.3 is 5.69 Å². The van der Waals surface area contributed by atoms with Gasteiger partial charge in [-0.1, -0.05) is 23.7 Å². The molecule has 0 fully saturated rings. The maximum absolute atomic E-state index is 13.5. The molecule has 3 rings (SSSR count). The first-order valence-electron chi connectivity index (χ1n) is 7.80. The SMILES string of the molecule is Cc1cc(S)c(Cl)cc1OCc1c(C(F)F)cccc1-n1nnn(C)c1=O. The van der Waals surface area contributed by atoms with Gasteiger partial charge in [0.05, 0.1) is 10.7 Å². The van der Waals surface area contributed by atoms with Crippen LogP contribution in [0.15, 0.2) is 40.0 Å². The fraction of sp³-hybridized carbons (Fsp3) is 0.235. The van der Waals surface area contributed by atoms with Gasteiger partial charge in [0.15, 0.2) is 0 Å². The van der Waals surface area contributed by atoms with Crippen LogP contribution in [-0.2, 0) is 13.7 Å². The summed E-state index contributed by atoms with van der Waals surface area (Å²) < 4.78 is 34.8. The van der Waals surface area contributed by atoms with Gasteiger partial charge in [0.1, 0.15) is 12.4 Å². The predicted molar refractivity (Wildman–Crippen MR) is 99.3 cm³/mol. The third-order valence-electron chi connectivity index (χ3n) is 3.99. The first kappa shape index (κ1) is 19.4. The topological polar surface area (TPSA) is 61.9 Å². The van der Waals surface area contributed by atoms with Crippen LogP contribution in [0, 0.1) is 6.92 Å². The van der Waals surface area contributed by atoms with E-state index in [1.54, 1.807) is 19.1 Å². The Hall–Kier alpha value is -2.39. The molecule has 142 valence electrons. The van der Waals surface area contributed by atoms with Crippen molar-refractivity contribution in [3.63, 3.8) is 0 Å². The van der Waals surface area contributed by atoms with Gasteiger partial charge in [0.25, 0.3) is 6.43 Å². The van der Waals surface area contributed by atoms with Crippen LogP contribution < -0.4 is 10.4 Å². The number of thiol groups is 1. The molecule has 27 heavy (non-hydrogen) atoms. The van der Waals surface area contributed by atoms with Gasteiger partial charge in [-0.3, -0.25) is 0 Å². The minimum atomic E-state index is -2.75. The zero-order chi connectivity index (χ0) is 19.7. The number of hydrogen-bond donors (Lipinski definition) is 1. The van der Waals surface area contributed by atoms with Crippen molar-refractivity contribution in [2.45, 2.75) is 24.9 Å². The van der Waals surface area contributed by atoms with E-state index in [4.69, 9.17) is 16.3 Å². The lowest BCUT2D eigenvalue weighted by Gasteiger charge is -2.16. The Labute approximate surface area is 163 Å². The number of tetrazole rings is 1. The number of nitrogens with zero attached hydrogens (tertiary/aromatic N) is 4. The number of benzene rings is 2. The normalized spacial score (nSPS) is 11.2. The fourth-order valence-electron chi connectivity index (χ4n) is 2.57. The highest BCUT2D eigenvalue weighted by Crippen LogP contribution is 2.32. The molecule has 0 N–H and O–H groups in total. The van der Waals surface area contributed by atoms with Crippen LogP contribution in [0.2, 0.25) is 5.02 Å². The molecule has 2 aromatic carbocycles. The van der Waals surface area contributed by atoms with Crippen LogP contribution in [-0.4, -0.2) is 19.8 Å². The lowest BCUT2D eigenvalue weighted by atomic mass is 10.1. The molecule has 0 aliphatic rings. The average molecular weight is 413 g/mol. The molecule has 0 aliphatic carbocycles. The quantitative estimate of drug-likeness (QED) is 0.648.